The van der Waals surface area contributed by atoms with Crippen LogP contribution in [0.4, 0.5) is 5.82 Å². The summed E-state index contributed by atoms with van der Waals surface area (Å²) < 4.78 is 0.707. The van der Waals surface area contributed by atoms with E-state index >= 15 is 0 Å². The fourth-order valence-corrected chi connectivity index (χ4v) is 2.66. The number of benzene rings is 1. The number of aromatic nitrogens is 3. The molecule has 0 aliphatic carbocycles. The summed E-state index contributed by atoms with van der Waals surface area (Å²) in [5.41, 5.74) is 7.71. The zero-order chi connectivity index (χ0) is 13.2. The van der Waals surface area contributed by atoms with Gasteiger partial charge in [-0.05, 0) is 15.9 Å². The Morgan fingerprint density at radius 1 is 1.11 bits per heavy atom. The van der Waals surface area contributed by atoms with Crippen LogP contribution in [-0.4, -0.2) is 15.0 Å². The number of nitrogens with two attached hydrogens (primary N) is 1. The maximum absolute atomic E-state index is 5.94. The maximum Gasteiger partial charge on any atom is 0.191 e. The fraction of sp³-hybridized carbons (Fsp3) is 0. The van der Waals surface area contributed by atoms with Crippen LogP contribution in [0, 0.1) is 0 Å². The summed E-state index contributed by atoms with van der Waals surface area (Å²) in [4.78, 5) is 13.0. The highest BCUT2D eigenvalue weighted by molar-refractivity contribution is 9.10. The Hall–Kier alpha value is -1.79. The zero-order valence-electron chi connectivity index (χ0n) is 9.75. The van der Waals surface area contributed by atoms with Crippen LogP contribution in [0.5, 0.6) is 0 Å². The topological polar surface area (TPSA) is 64.7 Å². The maximum atomic E-state index is 5.94. The normalized spacial score (nSPS) is 10.6. The Balaban J connectivity index is 2.20. The van der Waals surface area contributed by atoms with Crippen LogP contribution >= 0.6 is 27.3 Å². The number of anilines is 1. The molecule has 0 unspecified atom stereocenters. The summed E-state index contributed by atoms with van der Waals surface area (Å²) in [6.07, 6.45) is 1.73. The summed E-state index contributed by atoms with van der Waals surface area (Å²) >= 11 is 4.93. The molecule has 2 heterocycles. The highest BCUT2D eigenvalue weighted by Gasteiger charge is 2.14. The molecule has 0 aliphatic heterocycles. The quantitative estimate of drug-likeness (QED) is 0.778. The van der Waals surface area contributed by atoms with Gasteiger partial charge in [0.25, 0.3) is 0 Å². The van der Waals surface area contributed by atoms with E-state index in [9.17, 15) is 0 Å². The van der Waals surface area contributed by atoms with Crippen molar-refractivity contribution >= 4 is 33.1 Å². The molecule has 0 spiro atoms. The molecule has 0 atom stereocenters. The first-order valence-corrected chi connectivity index (χ1v) is 7.21. The van der Waals surface area contributed by atoms with E-state index < -0.39 is 0 Å². The molecule has 2 N–H and O–H groups in total. The van der Waals surface area contributed by atoms with Gasteiger partial charge in [0.2, 0.25) is 0 Å². The Labute approximate surface area is 122 Å². The van der Waals surface area contributed by atoms with Crippen LogP contribution in [0.1, 0.15) is 0 Å². The Morgan fingerprint density at radius 3 is 2.58 bits per heavy atom. The molecule has 0 fully saturated rings. The van der Waals surface area contributed by atoms with Crippen molar-refractivity contribution in [2.75, 3.05) is 5.73 Å². The molecule has 0 aliphatic rings. The minimum absolute atomic E-state index is 0.416. The number of nitrogen functional groups attached to an aromatic ring is 1. The van der Waals surface area contributed by atoms with Gasteiger partial charge in [-0.2, -0.15) is 0 Å². The summed E-state index contributed by atoms with van der Waals surface area (Å²) in [6, 6.07) is 9.85. The Bertz CT molecular complexity index is 698. The van der Waals surface area contributed by atoms with E-state index in [2.05, 4.69) is 30.9 Å². The predicted octanol–water partition coefficient (Wildman–Crippen LogP) is 3.61. The van der Waals surface area contributed by atoms with E-state index in [4.69, 9.17) is 5.73 Å². The minimum atomic E-state index is 0.416. The third-order valence-corrected chi connectivity index (χ3v) is 4.10. The van der Waals surface area contributed by atoms with Crippen molar-refractivity contribution in [1.29, 1.82) is 0 Å². The number of rotatable bonds is 2. The van der Waals surface area contributed by atoms with Gasteiger partial charge in [-0.3, -0.25) is 0 Å². The summed E-state index contributed by atoms with van der Waals surface area (Å²) in [6.45, 7) is 0. The fourth-order valence-electron chi connectivity index (χ4n) is 1.68. The van der Waals surface area contributed by atoms with Crippen LogP contribution in [0.3, 0.4) is 0 Å². The molecule has 0 bridgehead atoms. The summed E-state index contributed by atoms with van der Waals surface area (Å²) in [7, 11) is 0. The van der Waals surface area contributed by atoms with Crippen LogP contribution in [0.25, 0.3) is 22.1 Å². The second-order valence-corrected chi connectivity index (χ2v) is 5.49. The number of nitrogens with zero attached hydrogens (tertiary/aromatic N) is 3. The predicted molar refractivity (Wildman–Crippen MR) is 80.7 cm³/mol. The highest BCUT2D eigenvalue weighted by Crippen LogP contribution is 2.32. The molecule has 3 aromatic rings. The van der Waals surface area contributed by atoms with Gasteiger partial charge in [0.15, 0.2) is 10.8 Å². The van der Waals surface area contributed by atoms with E-state index in [1.807, 2.05) is 35.7 Å². The molecular formula is C13H9BrN4S. The third-order valence-electron chi connectivity index (χ3n) is 2.55. The number of hydrogen-bond acceptors (Lipinski definition) is 5. The van der Waals surface area contributed by atoms with Crippen molar-refractivity contribution in [1.82, 2.24) is 15.0 Å². The molecule has 0 radical (unpaired) electrons. The molecule has 19 heavy (non-hydrogen) atoms. The molecule has 6 heteroatoms. The molecule has 3 rings (SSSR count). The second-order valence-electron chi connectivity index (χ2n) is 3.80. The monoisotopic (exact) mass is 332 g/mol. The zero-order valence-corrected chi connectivity index (χ0v) is 12.1. The van der Waals surface area contributed by atoms with Crippen molar-refractivity contribution in [2.24, 2.45) is 0 Å². The second kappa shape index (κ2) is 5.07. The van der Waals surface area contributed by atoms with Gasteiger partial charge in [-0.15, -0.1) is 11.3 Å². The molecule has 2 aromatic heterocycles. The molecule has 0 amide bonds. The summed E-state index contributed by atoms with van der Waals surface area (Å²) in [5.74, 6) is 0.966. The average Bonchev–Trinajstić information content (AvgIpc) is 2.97. The van der Waals surface area contributed by atoms with Gasteiger partial charge in [0, 0.05) is 17.1 Å². The van der Waals surface area contributed by atoms with Crippen molar-refractivity contribution in [3.63, 3.8) is 0 Å². The van der Waals surface area contributed by atoms with Gasteiger partial charge in [0.05, 0.1) is 10.2 Å². The summed E-state index contributed by atoms with van der Waals surface area (Å²) in [5, 5.41) is 2.65. The van der Waals surface area contributed by atoms with Crippen LogP contribution in [0.15, 0.2) is 46.4 Å². The molecule has 1 aromatic carbocycles. The van der Waals surface area contributed by atoms with Gasteiger partial charge in [-0.25, -0.2) is 15.0 Å². The van der Waals surface area contributed by atoms with Gasteiger partial charge in [0.1, 0.15) is 5.82 Å². The number of hydrogen-bond donors (Lipinski definition) is 1. The van der Waals surface area contributed by atoms with Gasteiger partial charge >= 0.3 is 0 Å². The standard InChI is InChI=1S/C13H9BrN4S/c14-9-10(8-4-2-1-3-5-8)17-12(18-11(9)15)13-16-6-7-19-13/h1-7H,(H2,15,17,18). The molecular weight excluding hydrogens is 324 g/mol. The molecule has 4 nitrogen and oxygen atoms in total. The Kier molecular flexibility index (Phi) is 3.27. The largest absolute Gasteiger partial charge is 0.383 e. The van der Waals surface area contributed by atoms with Crippen LogP contribution < -0.4 is 5.73 Å². The van der Waals surface area contributed by atoms with Crippen LogP contribution in [-0.2, 0) is 0 Å². The van der Waals surface area contributed by atoms with E-state index in [1.54, 1.807) is 6.20 Å². The molecule has 0 saturated heterocycles. The number of thiazole rings is 1. The molecule has 0 saturated carbocycles. The van der Waals surface area contributed by atoms with Gasteiger partial charge in [-0.1, -0.05) is 30.3 Å². The van der Waals surface area contributed by atoms with Crippen molar-refractivity contribution in [3.05, 3.63) is 46.4 Å². The number of halogens is 1. The van der Waals surface area contributed by atoms with Crippen molar-refractivity contribution < 1.29 is 0 Å². The van der Waals surface area contributed by atoms with E-state index in [1.165, 1.54) is 11.3 Å². The first kappa shape index (κ1) is 12.3. The lowest BCUT2D eigenvalue weighted by atomic mass is 10.1. The lowest BCUT2D eigenvalue weighted by Crippen LogP contribution is -2.00. The lowest BCUT2D eigenvalue weighted by Gasteiger charge is -2.07. The van der Waals surface area contributed by atoms with Crippen molar-refractivity contribution in [3.8, 4) is 22.1 Å². The van der Waals surface area contributed by atoms with Gasteiger partial charge < -0.3 is 5.73 Å². The first-order valence-electron chi connectivity index (χ1n) is 5.54. The van der Waals surface area contributed by atoms with Crippen molar-refractivity contribution in [2.45, 2.75) is 0 Å². The van der Waals surface area contributed by atoms with E-state index in [0.29, 0.717) is 16.1 Å². The third kappa shape index (κ3) is 2.36. The smallest absolute Gasteiger partial charge is 0.191 e. The average molecular weight is 333 g/mol. The van der Waals surface area contributed by atoms with Crippen LogP contribution in [0.2, 0.25) is 0 Å². The SMILES string of the molecule is Nc1nc(-c2nccs2)nc(-c2ccccc2)c1Br. The Morgan fingerprint density at radius 2 is 1.89 bits per heavy atom. The first-order chi connectivity index (χ1) is 9.25. The lowest BCUT2D eigenvalue weighted by molar-refractivity contribution is 1.16. The van der Waals surface area contributed by atoms with E-state index in [0.717, 1.165) is 16.3 Å². The highest BCUT2D eigenvalue weighted by atomic mass is 79.9. The minimum Gasteiger partial charge on any atom is -0.383 e. The molecule has 94 valence electrons. The van der Waals surface area contributed by atoms with E-state index in [-0.39, 0.29) is 0 Å².